The van der Waals surface area contributed by atoms with Gasteiger partial charge in [0.25, 0.3) is 11.8 Å². The van der Waals surface area contributed by atoms with Gasteiger partial charge in [-0.25, -0.2) is 0 Å². The molecule has 0 atom stereocenters. The first-order valence-corrected chi connectivity index (χ1v) is 6.83. The van der Waals surface area contributed by atoms with Gasteiger partial charge in [0, 0.05) is 25.3 Å². The van der Waals surface area contributed by atoms with E-state index in [2.05, 4.69) is 5.32 Å². The quantitative estimate of drug-likeness (QED) is 0.904. The fourth-order valence-electron chi connectivity index (χ4n) is 1.98. The third-order valence-corrected chi connectivity index (χ3v) is 3.25. The molecule has 0 spiro atoms. The average Bonchev–Trinajstić information content (AvgIpc) is 2.97. The topological polar surface area (TPSA) is 88.6 Å². The minimum absolute atomic E-state index is 0.109. The van der Waals surface area contributed by atoms with E-state index < -0.39 is 0 Å². The molecule has 2 amide bonds. The smallest absolute Gasteiger partial charge is 0.258 e. The lowest BCUT2D eigenvalue weighted by atomic mass is 10.1. The Balaban J connectivity index is 2.21. The van der Waals surface area contributed by atoms with E-state index in [1.807, 2.05) is 6.92 Å². The Kier molecular flexibility index (Phi) is 4.62. The molecule has 1 aromatic carbocycles. The van der Waals surface area contributed by atoms with Gasteiger partial charge in [0.2, 0.25) is 0 Å². The van der Waals surface area contributed by atoms with Crippen LogP contribution in [-0.2, 0) is 6.54 Å². The molecule has 0 saturated carbocycles. The van der Waals surface area contributed by atoms with E-state index in [-0.39, 0.29) is 18.4 Å². The SMILES string of the molecule is Cc1ccc(NC(=O)c2coc(CN)c2)cc1C(=O)N(C)C. The van der Waals surface area contributed by atoms with E-state index in [0.29, 0.717) is 22.6 Å². The molecule has 3 N–H and O–H groups in total. The van der Waals surface area contributed by atoms with Crippen molar-refractivity contribution in [2.75, 3.05) is 19.4 Å². The Morgan fingerprint density at radius 3 is 2.59 bits per heavy atom. The number of carbonyl (C=O) groups is 2. The van der Waals surface area contributed by atoms with Crippen molar-refractivity contribution >= 4 is 17.5 Å². The van der Waals surface area contributed by atoms with E-state index in [1.165, 1.54) is 11.2 Å². The molecule has 0 unspecified atom stereocenters. The van der Waals surface area contributed by atoms with Gasteiger partial charge in [-0.15, -0.1) is 0 Å². The van der Waals surface area contributed by atoms with E-state index >= 15 is 0 Å². The number of rotatable bonds is 4. The Morgan fingerprint density at radius 2 is 2.00 bits per heavy atom. The number of hydrogen-bond acceptors (Lipinski definition) is 4. The largest absolute Gasteiger partial charge is 0.467 e. The third-order valence-electron chi connectivity index (χ3n) is 3.25. The van der Waals surface area contributed by atoms with Gasteiger partial charge < -0.3 is 20.4 Å². The van der Waals surface area contributed by atoms with Crippen molar-refractivity contribution < 1.29 is 14.0 Å². The lowest BCUT2D eigenvalue weighted by Gasteiger charge is -2.14. The molecule has 0 aliphatic heterocycles. The molecule has 6 heteroatoms. The molecule has 22 heavy (non-hydrogen) atoms. The minimum Gasteiger partial charge on any atom is -0.467 e. The number of carbonyl (C=O) groups excluding carboxylic acids is 2. The zero-order valence-corrected chi connectivity index (χ0v) is 12.8. The summed E-state index contributed by atoms with van der Waals surface area (Å²) in [4.78, 5) is 25.7. The second-order valence-corrected chi connectivity index (χ2v) is 5.19. The van der Waals surface area contributed by atoms with Gasteiger partial charge in [-0.3, -0.25) is 9.59 Å². The predicted molar refractivity (Wildman–Crippen MR) is 83.7 cm³/mol. The normalized spacial score (nSPS) is 10.4. The van der Waals surface area contributed by atoms with Gasteiger partial charge in [0.05, 0.1) is 12.1 Å². The molecule has 2 rings (SSSR count). The Bertz CT molecular complexity index is 704. The van der Waals surface area contributed by atoms with Gasteiger partial charge in [0.15, 0.2) is 0 Å². The van der Waals surface area contributed by atoms with Crippen LogP contribution in [-0.4, -0.2) is 30.8 Å². The molecule has 116 valence electrons. The van der Waals surface area contributed by atoms with Gasteiger partial charge >= 0.3 is 0 Å². The number of nitrogens with zero attached hydrogens (tertiary/aromatic N) is 1. The van der Waals surface area contributed by atoms with Crippen LogP contribution in [0.25, 0.3) is 0 Å². The van der Waals surface area contributed by atoms with Crippen molar-refractivity contribution in [2.45, 2.75) is 13.5 Å². The monoisotopic (exact) mass is 301 g/mol. The van der Waals surface area contributed by atoms with Crippen molar-refractivity contribution in [1.82, 2.24) is 4.90 Å². The summed E-state index contributed by atoms with van der Waals surface area (Å²) in [5.41, 5.74) is 7.79. The summed E-state index contributed by atoms with van der Waals surface area (Å²) in [7, 11) is 3.37. The van der Waals surface area contributed by atoms with Gasteiger partial charge in [-0.2, -0.15) is 0 Å². The molecular formula is C16H19N3O3. The molecule has 0 aliphatic rings. The third kappa shape index (κ3) is 3.35. The molecule has 1 aromatic heterocycles. The van der Waals surface area contributed by atoms with Crippen molar-refractivity contribution in [3.05, 3.63) is 53.0 Å². The number of aryl methyl sites for hydroxylation is 1. The van der Waals surface area contributed by atoms with Crippen LogP contribution in [0.5, 0.6) is 0 Å². The molecular weight excluding hydrogens is 282 g/mol. The number of hydrogen-bond donors (Lipinski definition) is 2. The zero-order valence-electron chi connectivity index (χ0n) is 12.8. The van der Waals surface area contributed by atoms with E-state index in [9.17, 15) is 9.59 Å². The number of amides is 2. The molecule has 0 aliphatic carbocycles. The summed E-state index contributed by atoms with van der Waals surface area (Å²) in [5.74, 6) is 0.121. The second kappa shape index (κ2) is 6.44. The summed E-state index contributed by atoms with van der Waals surface area (Å²) >= 11 is 0. The highest BCUT2D eigenvalue weighted by molar-refractivity contribution is 6.05. The van der Waals surface area contributed by atoms with Crippen molar-refractivity contribution in [3.63, 3.8) is 0 Å². The molecule has 0 bridgehead atoms. The molecule has 2 aromatic rings. The number of anilines is 1. The Morgan fingerprint density at radius 1 is 1.27 bits per heavy atom. The maximum absolute atomic E-state index is 12.1. The molecule has 0 radical (unpaired) electrons. The zero-order chi connectivity index (χ0) is 16.3. The Hall–Kier alpha value is -2.60. The maximum Gasteiger partial charge on any atom is 0.258 e. The first-order chi connectivity index (χ1) is 10.4. The van der Waals surface area contributed by atoms with Crippen molar-refractivity contribution in [2.24, 2.45) is 5.73 Å². The number of nitrogens with one attached hydrogen (secondary N) is 1. The second-order valence-electron chi connectivity index (χ2n) is 5.19. The summed E-state index contributed by atoms with van der Waals surface area (Å²) in [6.07, 6.45) is 1.36. The van der Waals surface area contributed by atoms with E-state index in [0.717, 1.165) is 5.56 Å². The van der Waals surface area contributed by atoms with Crippen LogP contribution in [0.3, 0.4) is 0 Å². The number of benzene rings is 1. The lowest BCUT2D eigenvalue weighted by Crippen LogP contribution is -2.23. The van der Waals surface area contributed by atoms with E-state index in [1.54, 1.807) is 38.4 Å². The first-order valence-electron chi connectivity index (χ1n) is 6.83. The standard InChI is InChI=1S/C16H19N3O3/c1-10-4-5-12(7-14(10)16(21)19(2)3)18-15(20)11-6-13(8-17)22-9-11/h4-7,9H,8,17H2,1-3H3,(H,18,20). The maximum atomic E-state index is 12.1. The molecule has 6 nitrogen and oxygen atoms in total. The molecule has 0 saturated heterocycles. The summed E-state index contributed by atoms with van der Waals surface area (Å²) < 4.78 is 5.14. The minimum atomic E-state index is -0.310. The van der Waals surface area contributed by atoms with Gasteiger partial charge in [0.1, 0.15) is 12.0 Å². The number of furan rings is 1. The van der Waals surface area contributed by atoms with Crippen LogP contribution in [0.15, 0.2) is 34.9 Å². The summed E-state index contributed by atoms with van der Waals surface area (Å²) in [5, 5.41) is 2.75. The van der Waals surface area contributed by atoms with Crippen molar-refractivity contribution in [3.8, 4) is 0 Å². The number of nitrogens with two attached hydrogens (primary N) is 1. The van der Waals surface area contributed by atoms with Gasteiger partial charge in [-0.05, 0) is 30.7 Å². The summed E-state index contributed by atoms with van der Waals surface area (Å²) in [6, 6.07) is 6.81. The fraction of sp³-hybridized carbons (Fsp3) is 0.250. The van der Waals surface area contributed by atoms with Crippen LogP contribution < -0.4 is 11.1 Å². The van der Waals surface area contributed by atoms with E-state index in [4.69, 9.17) is 10.2 Å². The Labute approximate surface area is 128 Å². The lowest BCUT2D eigenvalue weighted by molar-refractivity contribution is 0.0826. The highest BCUT2D eigenvalue weighted by Gasteiger charge is 2.14. The van der Waals surface area contributed by atoms with Crippen LogP contribution in [0, 0.1) is 6.92 Å². The molecule has 0 fully saturated rings. The summed E-state index contributed by atoms with van der Waals surface area (Å²) in [6.45, 7) is 2.09. The highest BCUT2D eigenvalue weighted by Crippen LogP contribution is 2.18. The van der Waals surface area contributed by atoms with Crippen molar-refractivity contribution in [1.29, 1.82) is 0 Å². The van der Waals surface area contributed by atoms with Crippen LogP contribution in [0.4, 0.5) is 5.69 Å². The first kappa shape index (κ1) is 15.8. The van der Waals surface area contributed by atoms with Gasteiger partial charge in [-0.1, -0.05) is 6.07 Å². The average molecular weight is 301 g/mol. The van der Waals surface area contributed by atoms with Crippen LogP contribution >= 0.6 is 0 Å². The highest BCUT2D eigenvalue weighted by atomic mass is 16.3. The van der Waals surface area contributed by atoms with Crippen LogP contribution in [0.1, 0.15) is 32.0 Å². The fourth-order valence-corrected chi connectivity index (χ4v) is 1.98. The van der Waals surface area contributed by atoms with Crippen LogP contribution in [0.2, 0.25) is 0 Å². The molecule has 1 heterocycles. The predicted octanol–water partition coefficient (Wildman–Crippen LogP) is 2.00.